The van der Waals surface area contributed by atoms with Crippen molar-refractivity contribution in [1.29, 1.82) is 0 Å². The van der Waals surface area contributed by atoms with Gasteiger partial charge in [0, 0.05) is 6.42 Å². The van der Waals surface area contributed by atoms with Crippen molar-refractivity contribution in [3.63, 3.8) is 0 Å². The largest absolute Gasteiger partial charge is 0.467 e. The van der Waals surface area contributed by atoms with Crippen molar-refractivity contribution in [2.45, 2.75) is 38.3 Å². The van der Waals surface area contributed by atoms with Crippen molar-refractivity contribution >= 4 is 11.9 Å². The number of hydrogen-bond donors (Lipinski definition) is 2. The number of rotatable bonds is 7. The van der Waals surface area contributed by atoms with E-state index in [1.807, 2.05) is 37.3 Å². The van der Waals surface area contributed by atoms with E-state index < -0.39 is 18.1 Å². The minimum absolute atomic E-state index is 0.321. The van der Waals surface area contributed by atoms with Crippen LogP contribution in [0.25, 0.3) is 0 Å². The highest BCUT2D eigenvalue weighted by Gasteiger charge is 2.24. The lowest BCUT2D eigenvalue weighted by molar-refractivity contribution is -0.145. The minimum atomic E-state index is -0.710. The molecule has 0 aromatic heterocycles. The number of nitrogens with two attached hydrogens (primary N) is 1. The van der Waals surface area contributed by atoms with Crippen LogP contribution in [-0.4, -0.2) is 31.1 Å². The molecule has 0 spiro atoms. The molecule has 0 saturated carbocycles. The van der Waals surface area contributed by atoms with Gasteiger partial charge in [0.15, 0.2) is 0 Å². The van der Waals surface area contributed by atoms with Crippen LogP contribution < -0.4 is 11.1 Å². The summed E-state index contributed by atoms with van der Waals surface area (Å²) in [5.41, 5.74) is 6.70. The standard InChI is InChI=1S/C15H22N2O3/c1-3-7-12(16)14(18)17-13(15(19)20-2)10-11-8-5-4-6-9-11/h4-6,8-9,12-13H,3,7,10,16H2,1-2H3,(H,17,18)/t12-,13?/m0/s1. The fourth-order valence-electron chi connectivity index (χ4n) is 1.91. The van der Waals surface area contributed by atoms with E-state index in [0.29, 0.717) is 12.8 Å². The molecular formula is C15H22N2O3. The molecule has 2 atom stereocenters. The van der Waals surface area contributed by atoms with E-state index >= 15 is 0 Å². The van der Waals surface area contributed by atoms with Gasteiger partial charge >= 0.3 is 5.97 Å². The number of ether oxygens (including phenoxy) is 1. The van der Waals surface area contributed by atoms with Crippen molar-refractivity contribution < 1.29 is 14.3 Å². The molecule has 1 unspecified atom stereocenters. The highest BCUT2D eigenvalue weighted by atomic mass is 16.5. The monoisotopic (exact) mass is 278 g/mol. The molecule has 20 heavy (non-hydrogen) atoms. The SMILES string of the molecule is CCC[C@H](N)C(=O)NC(Cc1ccccc1)C(=O)OC. The average Bonchev–Trinajstić information content (AvgIpc) is 2.47. The number of carbonyl (C=O) groups excluding carboxylic acids is 2. The lowest BCUT2D eigenvalue weighted by Crippen LogP contribution is -2.49. The summed E-state index contributed by atoms with van der Waals surface area (Å²) in [6.45, 7) is 1.95. The maximum atomic E-state index is 11.9. The van der Waals surface area contributed by atoms with Crippen LogP contribution >= 0.6 is 0 Å². The van der Waals surface area contributed by atoms with Crippen molar-refractivity contribution in [2.75, 3.05) is 7.11 Å². The number of esters is 1. The van der Waals surface area contributed by atoms with E-state index in [1.165, 1.54) is 7.11 Å². The van der Waals surface area contributed by atoms with E-state index in [0.717, 1.165) is 12.0 Å². The van der Waals surface area contributed by atoms with Crippen LogP contribution in [-0.2, 0) is 20.7 Å². The lowest BCUT2D eigenvalue weighted by Gasteiger charge is -2.19. The van der Waals surface area contributed by atoms with E-state index in [4.69, 9.17) is 10.5 Å². The maximum absolute atomic E-state index is 11.9. The quantitative estimate of drug-likeness (QED) is 0.729. The van der Waals surface area contributed by atoms with Gasteiger partial charge in [-0.1, -0.05) is 43.7 Å². The van der Waals surface area contributed by atoms with Crippen LogP contribution in [0.5, 0.6) is 0 Å². The van der Waals surface area contributed by atoms with Gasteiger partial charge < -0.3 is 15.8 Å². The predicted molar refractivity (Wildman–Crippen MR) is 77.0 cm³/mol. The molecule has 3 N–H and O–H groups in total. The van der Waals surface area contributed by atoms with Crippen molar-refractivity contribution in [3.05, 3.63) is 35.9 Å². The Balaban J connectivity index is 2.70. The van der Waals surface area contributed by atoms with Gasteiger partial charge in [0.2, 0.25) is 5.91 Å². The smallest absolute Gasteiger partial charge is 0.328 e. The first kappa shape index (κ1) is 16.2. The van der Waals surface area contributed by atoms with E-state index in [-0.39, 0.29) is 5.91 Å². The fourth-order valence-corrected chi connectivity index (χ4v) is 1.91. The van der Waals surface area contributed by atoms with Crippen LogP contribution in [0.2, 0.25) is 0 Å². The second-order valence-electron chi connectivity index (χ2n) is 4.67. The number of carbonyl (C=O) groups is 2. The van der Waals surface area contributed by atoms with Crippen molar-refractivity contribution in [3.8, 4) is 0 Å². The normalized spacial score (nSPS) is 13.3. The third-order valence-electron chi connectivity index (χ3n) is 3.02. The van der Waals surface area contributed by atoms with Crippen LogP contribution in [0.15, 0.2) is 30.3 Å². The van der Waals surface area contributed by atoms with Crippen LogP contribution in [0, 0.1) is 0 Å². The molecule has 5 heteroatoms. The first-order valence-electron chi connectivity index (χ1n) is 6.76. The summed E-state index contributed by atoms with van der Waals surface area (Å²) >= 11 is 0. The maximum Gasteiger partial charge on any atom is 0.328 e. The topological polar surface area (TPSA) is 81.4 Å². The number of hydrogen-bond acceptors (Lipinski definition) is 4. The molecule has 0 aliphatic carbocycles. The molecule has 0 bridgehead atoms. The first-order chi connectivity index (χ1) is 9.58. The Kier molecular flexibility index (Phi) is 6.73. The second-order valence-corrected chi connectivity index (χ2v) is 4.67. The summed E-state index contributed by atoms with van der Waals surface area (Å²) in [5.74, 6) is -0.788. The molecule has 0 aliphatic rings. The average molecular weight is 278 g/mol. The summed E-state index contributed by atoms with van der Waals surface area (Å²) in [5, 5.41) is 2.66. The number of methoxy groups -OCH3 is 1. The highest BCUT2D eigenvalue weighted by Crippen LogP contribution is 2.05. The Morgan fingerprint density at radius 1 is 1.30 bits per heavy atom. The fraction of sp³-hybridized carbons (Fsp3) is 0.467. The molecule has 1 aromatic rings. The van der Waals surface area contributed by atoms with Crippen LogP contribution in [0.3, 0.4) is 0 Å². The molecule has 0 aliphatic heterocycles. The van der Waals surface area contributed by atoms with Crippen molar-refractivity contribution in [1.82, 2.24) is 5.32 Å². The van der Waals surface area contributed by atoms with E-state index in [2.05, 4.69) is 5.32 Å². The molecule has 1 amide bonds. The second kappa shape index (κ2) is 8.32. The minimum Gasteiger partial charge on any atom is -0.467 e. The third kappa shape index (κ3) is 5.01. The van der Waals surface area contributed by atoms with Gasteiger partial charge in [0.25, 0.3) is 0 Å². The van der Waals surface area contributed by atoms with Gasteiger partial charge in [-0.3, -0.25) is 4.79 Å². The molecule has 5 nitrogen and oxygen atoms in total. The Labute approximate surface area is 119 Å². The van der Waals surface area contributed by atoms with Crippen LogP contribution in [0.1, 0.15) is 25.3 Å². The summed E-state index contributed by atoms with van der Waals surface area (Å²) in [6, 6.07) is 8.15. The Bertz CT molecular complexity index is 434. The Hall–Kier alpha value is -1.88. The number of nitrogens with one attached hydrogen (secondary N) is 1. The third-order valence-corrected chi connectivity index (χ3v) is 3.02. The van der Waals surface area contributed by atoms with Gasteiger partial charge in [0.05, 0.1) is 13.2 Å². The zero-order valence-corrected chi connectivity index (χ0v) is 12.0. The zero-order chi connectivity index (χ0) is 15.0. The van der Waals surface area contributed by atoms with Gasteiger partial charge in [-0.15, -0.1) is 0 Å². The molecule has 0 radical (unpaired) electrons. The Morgan fingerprint density at radius 2 is 1.95 bits per heavy atom. The molecule has 0 heterocycles. The van der Waals surface area contributed by atoms with Crippen molar-refractivity contribution in [2.24, 2.45) is 5.73 Å². The predicted octanol–water partition coefficient (Wildman–Crippen LogP) is 1.01. The van der Waals surface area contributed by atoms with Gasteiger partial charge in [0.1, 0.15) is 6.04 Å². The summed E-state index contributed by atoms with van der Waals surface area (Å²) in [7, 11) is 1.30. The number of amides is 1. The molecule has 1 rings (SSSR count). The Morgan fingerprint density at radius 3 is 2.50 bits per heavy atom. The van der Waals surface area contributed by atoms with E-state index in [1.54, 1.807) is 0 Å². The summed E-state index contributed by atoms with van der Waals surface area (Å²) < 4.78 is 4.73. The lowest BCUT2D eigenvalue weighted by atomic mass is 10.1. The summed E-state index contributed by atoms with van der Waals surface area (Å²) in [4.78, 5) is 23.7. The first-order valence-corrected chi connectivity index (χ1v) is 6.76. The zero-order valence-electron chi connectivity index (χ0n) is 12.0. The molecule has 110 valence electrons. The summed E-state index contributed by atoms with van der Waals surface area (Å²) in [6.07, 6.45) is 1.79. The highest BCUT2D eigenvalue weighted by molar-refractivity contribution is 5.87. The van der Waals surface area contributed by atoms with Gasteiger partial charge in [-0.2, -0.15) is 0 Å². The molecular weight excluding hydrogens is 256 g/mol. The molecule has 1 aromatic carbocycles. The van der Waals surface area contributed by atoms with E-state index in [9.17, 15) is 9.59 Å². The molecule has 0 saturated heterocycles. The number of benzene rings is 1. The van der Waals surface area contributed by atoms with Gasteiger partial charge in [-0.25, -0.2) is 4.79 Å². The van der Waals surface area contributed by atoms with Crippen LogP contribution in [0.4, 0.5) is 0 Å². The molecule has 0 fully saturated rings. The van der Waals surface area contributed by atoms with Gasteiger partial charge in [-0.05, 0) is 12.0 Å².